The molecular formula is C16H24N2O3. The Kier molecular flexibility index (Phi) is 5.20. The number of hydrogen-bond acceptors (Lipinski definition) is 3. The van der Waals surface area contributed by atoms with Crippen LogP contribution in [-0.2, 0) is 6.54 Å². The second-order valence-electron chi connectivity index (χ2n) is 6.00. The lowest BCUT2D eigenvalue weighted by Crippen LogP contribution is -2.59. The summed E-state index contributed by atoms with van der Waals surface area (Å²) >= 11 is 0. The van der Waals surface area contributed by atoms with Gasteiger partial charge in [0.25, 0.3) is 0 Å². The van der Waals surface area contributed by atoms with Crippen molar-refractivity contribution in [2.24, 2.45) is 5.92 Å². The zero-order valence-electron chi connectivity index (χ0n) is 12.6. The molecule has 1 amide bonds. The fraction of sp³-hybridized carbons (Fsp3) is 0.562. The van der Waals surface area contributed by atoms with Crippen molar-refractivity contribution in [3.8, 4) is 0 Å². The van der Waals surface area contributed by atoms with Gasteiger partial charge in [-0.1, -0.05) is 44.2 Å². The molecule has 1 fully saturated rings. The number of benzene rings is 1. The molecule has 1 aliphatic rings. The normalized spacial score (nSPS) is 21.5. The lowest BCUT2D eigenvalue weighted by molar-refractivity contribution is -0.0194. The highest BCUT2D eigenvalue weighted by Crippen LogP contribution is 2.19. The maximum atomic E-state index is 11.4. The van der Waals surface area contributed by atoms with Crippen LogP contribution in [0.25, 0.3) is 0 Å². The average Bonchev–Trinajstić information content (AvgIpc) is 2.47. The summed E-state index contributed by atoms with van der Waals surface area (Å²) in [6.45, 7) is 6.33. The summed E-state index contributed by atoms with van der Waals surface area (Å²) in [4.78, 5) is 14.9. The summed E-state index contributed by atoms with van der Waals surface area (Å²) in [6.07, 6.45) is -1.58. The van der Waals surface area contributed by atoms with Crippen molar-refractivity contribution in [1.82, 2.24) is 9.80 Å². The number of hydrogen-bond donors (Lipinski definition) is 2. The van der Waals surface area contributed by atoms with Gasteiger partial charge in [0.05, 0.1) is 12.1 Å². The van der Waals surface area contributed by atoms with E-state index in [0.29, 0.717) is 19.6 Å². The van der Waals surface area contributed by atoms with Crippen LogP contribution >= 0.6 is 0 Å². The first-order chi connectivity index (χ1) is 9.99. The van der Waals surface area contributed by atoms with E-state index in [4.69, 9.17) is 0 Å². The number of carbonyl (C=O) groups is 1. The van der Waals surface area contributed by atoms with Crippen LogP contribution in [-0.4, -0.2) is 57.9 Å². The Morgan fingerprint density at radius 2 is 1.95 bits per heavy atom. The van der Waals surface area contributed by atoms with Gasteiger partial charge in [-0.2, -0.15) is 0 Å². The van der Waals surface area contributed by atoms with Gasteiger partial charge in [0.2, 0.25) is 0 Å². The molecule has 0 aromatic heterocycles. The van der Waals surface area contributed by atoms with Crippen molar-refractivity contribution in [1.29, 1.82) is 0 Å². The molecule has 2 rings (SSSR count). The fourth-order valence-corrected chi connectivity index (χ4v) is 2.83. The molecule has 0 radical (unpaired) electrons. The van der Waals surface area contributed by atoms with Crippen molar-refractivity contribution in [3.63, 3.8) is 0 Å². The van der Waals surface area contributed by atoms with E-state index in [1.165, 1.54) is 10.5 Å². The highest BCUT2D eigenvalue weighted by atomic mass is 16.4. The van der Waals surface area contributed by atoms with Crippen LogP contribution in [0.3, 0.4) is 0 Å². The van der Waals surface area contributed by atoms with Gasteiger partial charge in [-0.05, 0) is 11.5 Å². The molecule has 0 spiro atoms. The number of amides is 1. The van der Waals surface area contributed by atoms with Crippen LogP contribution in [0, 0.1) is 5.92 Å². The first-order valence-corrected chi connectivity index (χ1v) is 7.43. The highest BCUT2D eigenvalue weighted by Gasteiger charge is 2.36. The molecule has 2 N–H and O–H groups in total. The molecule has 1 aromatic rings. The van der Waals surface area contributed by atoms with Crippen molar-refractivity contribution in [3.05, 3.63) is 35.9 Å². The lowest BCUT2D eigenvalue weighted by atomic mass is 9.96. The minimum absolute atomic E-state index is 0.0357. The molecule has 116 valence electrons. The molecule has 2 atom stereocenters. The minimum Gasteiger partial charge on any atom is -0.465 e. The van der Waals surface area contributed by atoms with Crippen molar-refractivity contribution >= 4 is 6.09 Å². The Hall–Kier alpha value is -1.59. The van der Waals surface area contributed by atoms with Crippen LogP contribution < -0.4 is 0 Å². The maximum absolute atomic E-state index is 11.4. The lowest BCUT2D eigenvalue weighted by Gasteiger charge is -2.43. The Bertz CT molecular complexity index is 464. The quantitative estimate of drug-likeness (QED) is 0.889. The second-order valence-corrected chi connectivity index (χ2v) is 6.00. The van der Waals surface area contributed by atoms with E-state index in [0.717, 1.165) is 6.54 Å². The van der Waals surface area contributed by atoms with E-state index in [1.54, 1.807) is 0 Å². The third-order valence-electron chi connectivity index (χ3n) is 4.07. The molecule has 1 saturated heterocycles. The molecule has 0 bridgehead atoms. The Morgan fingerprint density at radius 3 is 2.52 bits per heavy atom. The van der Waals surface area contributed by atoms with Gasteiger partial charge in [0.15, 0.2) is 0 Å². The summed E-state index contributed by atoms with van der Waals surface area (Å²) in [7, 11) is 0. The van der Waals surface area contributed by atoms with Crippen LogP contribution in [0.1, 0.15) is 19.4 Å². The summed E-state index contributed by atoms with van der Waals surface area (Å²) in [5, 5.41) is 19.6. The minimum atomic E-state index is -0.945. The predicted octanol–water partition coefficient (Wildman–Crippen LogP) is 1.87. The molecule has 5 heteroatoms. The van der Waals surface area contributed by atoms with Gasteiger partial charge in [0, 0.05) is 26.2 Å². The van der Waals surface area contributed by atoms with Gasteiger partial charge in [-0.15, -0.1) is 0 Å². The SMILES string of the molecule is CC(C)C(O)[C@@H]1CN(Cc2ccccc2)CCN1C(=O)O. The van der Waals surface area contributed by atoms with Gasteiger partial charge in [0.1, 0.15) is 0 Å². The largest absolute Gasteiger partial charge is 0.465 e. The second kappa shape index (κ2) is 6.91. The maximum Gasteiger partial charge on any atom is 0.407 e. The topological polar surface area (TPSA) is 64.0 Å². The standard InChI is InChI=1S/C16H24N2O3/c1-12(2)15(19)14-11-17(8-9-18(14)16(20)21)10-13-6-4-3-5-7-13/h3-7,12,14-15,19H,8-11H2,1-2H3,(H,20,21)/t14-,15?/m0/s1. The molecule has 1 aliphatic heterocycles. The average molecular weight is 292 g/mol. The fourth-order valence-electron chi connectivity index (χ4n) is 2.83. The number of carboxylic acid groups (broad SMARTS) is 1. The summed E-state index contributed by atoms with van der Waals surface area (Å²) in [6, 6.07) is 9.76. The summed E-state index contributed by atoms with van der Waals surface area (Å²) in [5.74, 6) is 0.0357. The number of aliphatic hydroxyl groups excluding tert-OH is 1. The van der Waals surface area contributed by atoms with Crippen LogP contribution in [0.15, 0.2) is 30.3 Å². The van der Waals surface area contributed by atoms with Gasteiger partial charge < -0.3 is 15.1 Å². The smallest absolute Gasteiger partial charge is 0.407 e. The van der Waals surface area contributed by atoms with Crippen molar-refractivity contribution in [2.45, 2.75) is 32.5 Å². The number of piperazine rings is 1. The third kappa shape index (κ3) is 3.95. The Balaban J connectivity index is 2.06. The Labute approximate surface area is 125 Å². The number of nitrogens with zero attached hydrogens (tertiary/aromatic N) is 2. The zero-order valence-corrected chi connectivity index (χ0v) is 12.6. The summed E-state index contributed by atoms with van der Waals surface area (Å²) < 4.78 is 0. The molecule has 0 aliphatic carbocycles. The van der Waals surface area contributed by atoms with E-state index in [2.05, 4.69) is 17.0 Å². The number of aliphatic hydroxyl groups is 1. The van der Waals surface area contributed by atoms with E-state index in [1.807, 2.05) is 32.0 Å². The molecule has 1 aromatic carbocycles. The zero-order chi connectivity index (χ0) is 15.4. The summed E-state index contributed by atoms with van der Waals surface area (Å²) in [5.41, 5.74) is 1.21. The van der Waals surface area contributed by atoms with E-state index < -0.39 is 12.2 Å². The van der Waals surface area contributed by atoms with Gasteiger partial charge >= 0.3 is 6.09 Å². The molecule has 1 unspecified atom stereocenters. The molecule has 0 saturated carbocycles. The van der Waals surface area contributed by atoms with Gasteiger partial charge in [-0.25, -0.2) is 4.79 Å². The number of rotatable bonds is 4. The molecule has 1 heterocycles. The Morgan fingerprint density at radius 1 is 1.29 bits per heavy atom. The molecule has 21 heavy (non-hydrogen) atoms. The predicted molar refractivity (Wildman–Crippen MR) is 81.1 cm³/mol. The highest BCUT2D eigenvalue weighted by molar-refractivity contribution is 5.65. The molecular weight excluding hydrogens is 268 g/mol. The monoisotopic (exact) mass is 292 g/mol. The first kappa shape index (κ1) is 15.8. The van der Waals surface area contributed by atoms with Crippen molar-refractivity contribution < 1.29 is 15.0 Å². The van der Waals surface area contributed by atoms with Crippen molar-refractivity contribution in [2.75, 3.05) is 19.6 Å². The third-order valence-corrected chi connectivity index (χ3v) is 4.07. The van der Waals surface area contributed by atoms with Crippen LogP contribution in [0.2, 0.25) is 0 Å². The van der Waals surface area contributed by atoms with Crippen LogP contribution in [0.4, 0.5) is 4.79 Å². The first-order valence-electron chi connectivity index (χ1n) is 7.43. The van der Waals surface area contributed by atoms with Crippen LogP contribution in [0.5, 0.6) is 0 Å². The van der Waals surface area contributed by atoms with E-state index >= 15 is 0 Å². The van der Waals surface area contributed by atoms with E-state index in [9.17, 15) is 15.0 Å². The van der Waals surface area contributed by atoms with E-state index in [-0.39, 0.29) is 12.0 Å². The molecule has 5 nitrogen and oxygen atoms in total. The van der Waals surface area contributed by atoms with Gasteiger partial charge in [-0.3, -0.25) is 4.90 Å².